The van der Waals surface area contributed by atoms with Gasteiger partial charge in [0.05, 0.1) is 0 Å². The fourth-order valence-electron chi connectivity index (χ4n) is 3.14. The summed E-state index contributed by atoms with van der Waals surface area (Å²) in [7, 11) is 0. The number of carbonyl (C=O) groups is 3. The van der Waals surface area contributed by atoms with Crippen molar-refractivity contribution in [3.8, 4) is 5.75 Å². The fourth-order valence-corrected chi connectivity index (χ4v) is 3.39. The molecule has 0 aromatic heterocycles. The van der Waals surface area contributed by atoms with Crippen LogP contribution in [0.5, 0.6) is 5.75 Å². The molecule has 0 radical (unpaired) electrons. The van der Waals surface area contributed by atoms with Crippen molar-refractivity contribution in [1.29, 1.82) is 0 Å². The summed E-state index contributed by atoms with van der Waals surface area (Å²) in [5.41, 5.74) is -0.724. The Morgan fingerprint density at radius 2 is 1.64 bits per heavy atom. The van der Waals surface area contributed by atoms with Crippen LogP contribution in [-0.4, -0.2) is 56.9 Å². The number of hydrogen-bond acceptors (Lipinski definition) is 6. The van der Waals surface area contributed by atoms with Crippen LogP contribution >= 0.6 is 12.6 Å². The van der Waals surface area contributed by atoms with Crippen molar-refractivity contribution in [3.05, 3.63) is 29.8 Å². The van der Waals surface area contributed by atoms with Gasteiger partial charge in [0.25, 0.3) is 0 Å². The van der Waals surface area contributed by atoms with E-state index in [4.69, 9.17) is 4.74 Å². The zero-order valence-corrected chi connectivity index (χ0v) is 21.8. The number of phenols is 1. The lowest BCUT2D eigenvalue weighted by Crippen LogP contribution is -2.57. The number of thiol groups is 1. The van der Waals surface area contributed by atoms with E-state index in [1.165, 1.54) is 17.0 Å². The number of phenolic OH excluding ortho intramolecular Hbond substituents is 1. The minimum atomic E-state index is -1.00. The third-order valence-corrected chi connectivity index (χ3v) is 5.09. The standard InChI is InChI=1S/C24H39N3O5S/c1-9-15(2)27(21(30)18(14-33)25-22(31)32-24(6,7)8)19(20(29)26-23(3,4)5)16-10-12-17(28)13-11-16/h10-13,15,18-19,28,33H,9,14H2,1-8H3,(H,25,31)(H,26,29). The lowest BCUT2D eigenvalue weighted by atomic mass is 9.98. The quantitative estimate of drug-likeness (QED) is 0.423. The van der Waals surface area contributed by atoms with Gasteiger partial charge in [-0.2, -0.15) is 12.6 Å². The van der Waals surface area contributed by atoms with Crippen molar-refractivity contribution in [3.63, 3.8) is 0 Å². The van der Waals surface area contributed by atoms with Crippen LogP contribution in [0.15, 0.2) is 24.3 Å². The van der Waals surface area contributed by atoms with Gasteiger partial charge < -0.3 is 25.4 Å². The van der Waals surface area contributed by atoms with Gasteiger partial charge in [-0.1, -0.05) is 19.1 Å². The van der Waals surface area contributed by atoms with Crippen LogP contribution in [-0.2, 0) is 14.3 Å². The van der Waals surface area contributed by atoms with Crippen molar-refractivity contribution in [1.82, 2.24) is 15.5 Å². The molecule has 8 nitrogen and oxygen atoms in total. The van der Waals surface area contributed by atoms with E-state index in [-0.39, 0.29) is 23.5 Å². The molecule has 3 unspecified atom stereocenters. The molecule has 3 atom stereocenters. The van der Waals surface area contributed by atoms with Crippen LogP contribution in [0.1, 0.15) is 73.4 Å². The molecular formula is C24H39N3O5S. The first-order chi connectivity index (χ1) is 15.1. The molecule has 3 N–H and O–H groups in total. The number of ether oxygens (including phenoxy) is 1. The average molecular weight is 482 g/mol. The van der Waals surface area contributed by atoms with Crippen LogP contribution in [0.3, 0.4) is 0 Å². The number of amides is 3. The summed E-state index contributed by atoms with van der Waals surface area (Å²) in [6.07, 6.45) is -0.159. The lowest BCUT2D eigenvalue weighted by Gasteiger charge is -2.39. The number of alkyl carbamates (subject to hydrolysis) is 1. The predicted molar refractivity (Wildman–Crippen MR) is 132 cm³/mol. The zero-order valence-electron chi connectivity index (χ0n) is 20.9. The Bertz CT molecular complexity index is 815. The van der Waals surface area contributed by atoms with E-state index in [2.05, 4.69) is 23.3 Å². The second-order valence-corrected chi connectivity index (χ2v) is 10.5. The molecule has 0 aliphatic heterocycles. The molecule has 186 valence electrons. The number of benzene rings is 1. The first kappa shape index (κ1) is 28.6. The van der Waals surface area contributed by atoms with Crippen molar-refractivity contribution in [2.75, 3.05) is 5.75 Å². The number of hydrogen-bond donors (Lipinski definition) is 4. The topological polar surface area (TPSA) is 108 Å². The third-order valence-electron chi connectivity index (χ3n) is 4.73. The van der Waals surface area contributed by atoms with Gasteiger partial charge in [-0.25, -0.2) is 4.79 Å². The Balaban J connectivity index is 3.44. The average Bonchev–Trinajstić information content (AvgIpc) is 2.67. The van der Waals surface area contributed by atoms with E-state index in [1.54, 1.807) is 32.9 Å². The molecule has 0 saturated heterocycles. The molecular weight excluding hydrogens is 442 g/mol. The minimum absolute atomic E-state index is 0.0220. The van der Waals surface area contributed by atoms with Gasteiger partial charge in [-0.05, 0) is 72.6 Å². The summed E-state index contributed by atoms with van der Waals surface area (Å²) in [5, 5.41) is 15.3. The highest BCUT2D eigenvalue weighted by Crippen LogP contribution is 2.28. The first-order valence-electron chi connectivity index (χ1n) is 11.1. The predicted octanol–water partition coefficient (Wildman–Crippen LogP) is 3.80. The molecule has 0 fully saturated rings. The summed E-state index contributed by atoms with van der Waals surface area (Å²) in [5.74, 6) is -0.742. The van der Waals surface area contributed by atoms with Gasteiger partial charge in [0.1, 0.15) is 23.4 Å². The second kappa shape index (κ2) is 11.6. The van der Waals surface area contributed by atoms with Gasteiger partial charge in [0.15, 0.2) is 0 Å². The van der Waals surface area contributed by atoms with Gasteiger partial charge >= 0.3 is 6.09 Å². The molecule has 0 aliphatic carbocycles. The van der Waals surface area contributed by atoms with Crippen LogP contribution in [0.25, 0.3) is 0 Å². The maximum atomic E-state index is 13.7. The van der Waals surface area contributed by atoms with Crippen molar-refractivity contribution in [2.45, 2.75) is 91.1 Å². The molecule has 33 heavy (non-hydrogen) atoms. The highest BCUT2D eigenvalue weighted by molar-refractivity contribution is 7.80. The summed E-state index contributed by atoms with van der Waals surface area (Å²) in [4.78, 5) is 41.0. The van der Waals surface area contributed by atoms with E-state index in [9.17, 15) is 19.5 Å². The molecule has 0 bridgehead atoms. The van der Waals surface area contributed by atoms with E-state index in [0.29, 0.717) is 12.0 Å². The summed E-state index contributed by atoms with van der Waals surface area (Å²) >= 11 is 4.27. The van der Waals surface area contributed by atoms with E-state index in [0.717, 1.165) is 0 Å². The minimum Gasteiger partial charge on any atom is -0.508 e. The van der Waals surface area contributed by atoms with E-state index in [1.807, 2.05) is 34.6 Å². The molecule has 1 aromatic rings. The molecule has 0 heterocycles. The molecule has 1 aromatic carbocycles. The number of rotatable bonds is 8. The number of aromatic hydroxyl groups is 1. The maximum absolute atomic E-state index is 13.7. The van der Waals surface area contributed by atoms with Gasteiger partial charge in [0.2, 0.25) is 11.8 Å². The second-order valence-electron chi connectivity index (χ2n) is 10.1. The Labute approximate surface area is 202 Å². The molecule has 9 heteroatoms. The van der Waals surface area contributed by atoms with Gasteiger partial charge in [-0.3, -0.25) is 9.59 Å². The molecule has 1 rings (SSSR count). The smallest absolute Gasteiger partial charge is 0.408 e. The number of carbonyl (C=O) groups excluding carboxylic acids is 3. The summed E-state index contributed by atoms with van der Waals surface area (Å²) in [6.45, 7) is 14.5. The van der Waals surface area contributed by atoms with Crippen LogP contribution in [0, 0.1) is 0 Å². The maximum Gasteiger partial charge on any atom is 0.408 e. The van der Waals surface area contributed by atoms with Crippen LogP contribution in [0.2, 0.25) is 0 Å². The third kappa shape index (κ3) is 9.15. The van der Waals surface area contributed by atoms with E-state index < -0.39 is 35.2 Å². The van der Waals surface area contributed by atoms with E-state index >= 15 is 0 Å². The Kier molecular flexibility index (Phi) is 10.1. The van der Waals surface area contributed by atoms with Crippen molar-refractivity contribution in [2.24, 2.45) is 0 Å². The Hall–Kier alpha value is -2.42. The highest BCUT2D eigenvalue weighted by Gasteiger charge is 2.39. The van der Waals surface area contributed by atoms with Crippen LogP contribution in [0.4, 0.5) is 4.79 Å². The molecule has 0 saturated carbocycles. The van der Waals surface area contributed by atoms with Crippen LogP contribution < -0.4 is 10.6 Å². The van der Waals surface area contributed by atoms with Crippen molar-refractivity contribution >= 4 is 30.5 Å². The monoisotopic (exact) mass is 481 g/mol. The SMILES string of the molecule is CCC(C)N(C(=O)C(CS)NC(=O)OC(C)(C)C)C(C(=O)NC(C)(C)C)c1ccc(O)cc1. The van der Waals surface area contributed by atoms with Gasteiger partial charge in [0, 0.05) is 17.3 Å². The largest absolute Gasteiger partial charge is 0.508 e. The molecule has 3 amide bonds. The fraction of sp³-hybridized carbons (Fsp3) is 0.625. The summed E-state index contributed by atoms with van der Waals surface area (Å²) in [6, 6.07) is 3.87. The van der Waals surface area contributed by atoms with Gasteiger partial charge in [-0.15, -0.1) is 0 Å². The number of nitrogens with zero attached hydrogens (tertiary/aromatic N) is 1. The highest BCUT2D eigenvalue weighted by atomic mass is 32.1. The lowest BCUT2D eigenvalue weighted by molar-refractivity contribution is -0.145. The summed E-state index contributed by atoms with van der Waals surface area (Å²) < 4.78 is 5.30. The van der Waals surface area contributed by atoms with Crippen molar-refractivity contribution < 1.29 is 24.2 Å². The Morgan fingerprint density at radius 3 is 2.06 bits per heavy atom. The Morgan fingerprint density at radius 1 is 1.09 bits per heavy atom. The first-order valence-corrected chi connectivity index (χ1v) is 11.8. The number of nitrogens with one attached hydrogen (secondary N) is 2. The molecule has 0 aliphatic rings. The molecule has 0 spiro atoms. The normalized spacial score (nSPS) is 14.6. The zero-order chi connectivity index (χ0) is 25.6.